The Kier molecular flexibility index (Phi) is 4.12. The average Bonchev–Trinajstić information content (AvgIpc) is 2.16. The maximum Gasteiger partial charge on any atom is 0.121 e. The van der Waals surface area contributed by atoms with Gasteiger partial charge >= 0.3 is 0 Å². The number of hydrogen-bond acceptors (Lipinski definition) is 3. The zero-order valence-electron chi connectivity index (χ0n) is 9.57. The SMILES string of the molecule is CC(O)c1cc(CCN(C)C)ccc1O. The Morgan fingerprint density at radius 3 is 2.53 bits per heavy atom. The van der Waals surface area contributed by atoms with Crippen molar-refractivity contribution in [1.29, 1.82) is 0 Å². The fourth-order valence-electron chi connectivity index (χ4n) is 1.45. The van der Waals surface area contributed by atoms with Crippen LogP contribution in [0.4, 0.5) is 0 Å². The third-order valence-corrected chi connectivity index (χ3v) is 2.39. The molecule has 0 radical (unpaired) electrons. The minimum absolute atomic E-state index is 0.165. The molecule has 0 aliphatic rings. The van der Waals surface area contributed by atoms with Gasteiger partial charge in [0.1, 0.15) is 5.75 Å². The van der Waals surface area contributed by atoms with Gasteiger partial charge in [-0.05, 0) is 45.1 Å². The smallest absolute Gasteiger partial charge is 0.121 e. The molecule has 0 heterocycles. The Labute approximate surface area is 91.0 Å². The van der Waals surface area contributed by atoms with Crippen LogP contribution < -0.4 is 0 Å². The van der Waals surface area contributed by atoms with Gasteiger partial charge < -0.3 is 15.1 Å². The standard InChI is InChI=1S/C12H19NO2/c1-9(14)11-8-10(4-5-12(11)15)6-7-13(2)3/h4-5,8-9,14-15H,6-7H2,1-3H3. The normalized spacial score (nSPS) is 13.1. The van der Waals surface area contributed by atoms with Crippen molar-refractivity contribution in [3.05, 3.63) is 29.3 Å². The first kappa shape index (κ1) is 12.0. The Morgan fingerprint density at radius 2 is 2.00 bits per heavy atom. The molecule has 15 heavy (non-hydrogen) atoms. The van der Waals surface area contributed by atoms with Crippen molar-refractivity contribution in [3.8, 4) is 5.75 Å². The highest BCUT2D eigenvalue weighted by molar-refractivity contribution is 5.37. The Hall–Kier alpha value is -1.06. The molecule has 0 amide bonds. The molecule has 0 aliphatic heterocycles. The highest BCUT2D eigenvalue weighted by atomic mass is 16.3. The summed E-state index contributed by atoms with van der Waals surface area (Å²) in [5.41, 5.74) is 1.74. The van der Waals surface area contributed by atoms with Gasteiger partial charge in [0.25, 0.3) is 0 Å². The van der Waals surface area contributed by atoms with Crippen LogP contribution in [0.25, 0.3) is 0 Å². The van der Waals surface area contributed by atoms with Crippen molar-refractivity contribution in [3.63, 3.8) is 0 Å². The molecule has 0 aliphatic carbocycles. The quantitative estimate of drug-likeness (QED) is 0.790. The second kappa shape index (κ2) is 5.14. The summed E-state index contributed by atoms with van der Waals surface area (Å²) >= 11 is 0. The molecule has 0 spiro atoms. The summed E-state index contributed by atoms with van der Waals surface area (Å²) in [7, 11) is 4.05. The lowest BCUT2D eigenvalue weighted by Gasteiger charge is -2.12. The fourth-order valence-corrected chi connectivity index (χ4v) is 1.45. The maximum atomic E-state index is 9.51. The van der Waals surface area contributed by atoms with E-state index in [1.807, 2.05) is 26.2 Å². The van der Waals surface area contributed by atoms with E-state index >= 15 is 0 Å². The van der Waals surface area contributed by atoms with Crippen molar-refractivity contribution in [2.75, 3.05) is 20.6 Å². The van der Waals surface area contributed by atoms with E-state index < -0.39 is 6.10 Å². The molecule has 3 nitrogen and oxygen atoms in total. The van der Waals surface area contributed by atoms with Gasteiger partial charge in [0, 0.05) is 12.1 Å². The third-order valence-electron chi connectivity index (χ3n) is 2.39. The Morgan fingerprint density at radius 1 is 1.33 bits per heavy atom. The van der Waals surface area contributed by atoms with Crippen molar-refractivity contribution < 1.29 is 10.2 Å². The first-order valence-corrected chi connectivity index (χ1v) is 5.15. The lowest BCUT2D eigenvalue weighted by Crippen LogP contribution is -2.15. The summed E-state index contributed by atoms with van der Waals surface area (Å²) in [5, 5.41) is 18.9. The number of nitrogens with zero attached hydrogens (tertiary/aromatic N) is 1. The molecule has 1 rings (SSSR count). The van der Waals surface area contributed by atoms with E-state index in [1.165, 1.54) is 0 Å². The summed E-state index contributed by atoms with van der Waals surface area (Å²) in [6, 6.07) is 5.40. The molecule has 1 atom stereocenters. The molecule has 84 valence electrons. The van der Waals surface area contributed by atoms with E-state index in [-0.39, 0.29) is 5.75 Å². The number of hydrogen-bond donors (Lipinski definition) is 2. The molecule has 0 bridgehead atoms. The summed E-state index contributed by atoms with van der Waals surface area (Å²) < 4.78 is 0. The number of aliphatic hydroxyl groups excluding tert-OH is 1. The van der Waals surface area contributed by atoms with Crippen LogP contribution in [0.5, 0.6) is 5.75 Å². The molecular weight excluding hydrogens is 190 g/mol. The van der Waals surface area contributed by atoms with Gasteiger partial charge in [-0.2, -0.15) is 0 Å². The van der Waals surface area contributed by atoms with Crippen LogP contribution in [0.3, 0.4) is 0 Å². The van der Waals surface area contributed by atoms with Crippen LogP contribution >= 0.6 is 0 Å². The average molecular weight is 209 g/mol. The van der Waals surface area contributed by atoms with Gasteiger partial charge in [0.2, 0.25) is 0 Å². The van der Waals surface area contributed by atoms with Crippen LogP contribution in [-0.4, -0.2) is 35.8 Å². The topological polar surface area (TPSA) is 43.7 Å². The number of rotatable bonds is 4. The largest absolute Gasteiger partial charge is 0.508 e. The van der Waals surface area contributed by atoms with Gasteiger partial charge in [0.15, 0.2) is 0 Å². The van der Waals surface area contributed by atoms with E-state index in [0.717, 1.165) is 18.5 Å². The van der Waals surface area contributed by atoms with Crippen molar-refractivity contribution >= 4 is 0 Å². The molecule has 0 fully saturated rings. The van der Waals surface area contributed by atoms with Gasteiger partial charge in [0.05, 0.1) is 6.10 Å². The molecular formula is C12H19NO2. The lowest BCUT2D eigenvalue weighted by molar-refractivity contribution is 0.195. The van der Waals surface area contributed by atoms with Crippen LogP contribution in [0.1, 0.15) is 24.2 Å². The van der Waals surface area contributed by atoms with Crippen LogP contribution in [0.15, 0.2) is 18.2 Å². The molecule has 1 aromatic rings. The van der Waals surface area contributed by atoms with Crippen LogP contribution in [-0.2, 0) is 6.42 Å². The number of benzene rings is 1. The number of likely N-dealkylation sites (N-methyl/N-ethyl adjacent to an activating group) is 1. The van der Waals surface area contributed by atoms with Crippen molar-refractivity contribution in [2.45, 2.75) is 19.4 Å². The summed E-state index contributed by atoms with van der Waals surface area (Å²) in [5.74, 6) is 0.165. The third kappa shape index (κ3) is 3.53. The van der Waals surface area contributed by atoms with Gasteiger partial charge in [-0.15, -0.1) is 0 Å². The van der Waals surface area contributed by atoms with Crippen LogP contribution in [0, 0.1) is 0 Å². The molecule has 2 N–H and O–H groups in total. The zero-order chi connectivity index (χ0) is 11.4. The molecule has 3 heteroatoms. The van der Waals surface area contributed by atoms with E-state index in [4.69, 9.17) is 0 Å². The summed E-state index contributed by atoms with van der Waals surface area (Å²) in [6.45, 7) is 2.62. The monoisotopic (exact) mass is 209 g/mol. The van der Waals surface area contributed by atoms with E-state index in [9.17, 15) is 10.2 Å². The van der Waals surface area contributed by atoms with Crippen molar-refractivity contribution in [1.82, 2.24) is 4.90 Å². The van der Waals surface area contributed by atoms with E-state index in [1.54, 1.807) is 13.0 Å². The number of phenols is 1. The summed E-state index contributed by atoms with van der Waals surface area (Å²) in [4.78, 5) is 2.11. The lowest BCUT2D eigenvalue weighted by atomic mass is 10.0. The first-order valence-electron chi connectivity index (χ1n) is 5.15. The minimum atomic E-state index is -0.621. The zero-order valence-corrected chi connectivity index (χ0v) is 9.57. The predicted octanol–water partition coefficient (Wildman–Crippen LogP) is 1.55. The second-order valence-corrected chi connectivity index (χ2v) is 4.12. The van der Waals surface area contributed by atoms with Crippen LogP contribution in [0.2, 0.25) is 0 Å². The highest BCUT2D eigenvalue weighted by Crippen LogP contribution is 2.25. The molecule has 1 aromatic carbocycles. The van der Waals surface area contributed by atoms with Gasteiger partial charge in [-0.3, -0.25) is 0 Å². The number of aliphatic hydroxyl groups is 1. The minimum Gasteiger partial charge on any atom is -0.508 e. The Balaban J connectivity index is 2.78. The molecule has 0 saturated heterocycles. The number of aromatic hydroxyl groups is 1. The second-order valence-electron chi connectivity index (χ2n) is 4.12. The Bertz CT molecular complexity index is 321. The van der Waals surface area contributed by atoms with Gasteiger partial charge in [-0.25, -0.2) is 0 Å². The molecule has 0 saturated carbocycles. The van der Waals surface area contributed by atoms with Gasteiger partial charge in [-0.1, -0.05) is 6.07 Å². The maximum absolute atomic E-state index is 9.51. The predicted molar refractivity (Wildman–Crippen MR) is 61.0 cm³/mol. The van der Waals surface area contributed by atoms with E-state index in [0.29, 0.717) is 5.56 Å². The molecule has 1 unspecified atom stereocenters. The fraction of sp³-hybridized carbons (Fsp3) is 0.500. The van der Waals surface area contributed by atoms with Crippen molar-refractivity contribution in [2.24, 2.45) is 0 Å². The first-order chi connectivity index (χ1) is 7.00. The highest BCUT2D eigenvalue weighted by Gasteiger charge is 2.08. The number of phenolic OH excluding ortho intramolecular Hbond substituents is 1. The summed E-state index contributed by atoms with van der Waals surface area (Å²) in [6.07, 6.45) is 0.303. The molecule has 0 aromatic heterocycles. The van der Waals surface area contributed by atoms with E-state index in [2.05, 4.69) is 4.90 Å².